The fraction of sp³-hybridized carbons (Fsp3) is 0.611. The SMILES string of the molecule is CCCCCCCCCC(=O)Nc1c(C)cc(N)cc1C. The van der Waals surface area contributed by atoms with E-state index in [0.29, 0.717) is 6.42 Å². The second-order valence-corrected chi connectivity index (χ2v) is 5.95. The third-order valence-electron chi connectivity index (χ3n) is 3.83. The lowest BCUT2D eigenvalue weighted by molar-refractivity contribution is -0.116. The fourth-order valence-corrected chi connectivity index (χ4v) is 2.64. The van der Waals surface area contributed by atoms with Crippen LogP contribution < -0.4 is 11.1 Å². The predicted molar refractivity (Wildman–Crippen MR) is 91.6 cm³/mol. The number of hydrogen-bond donors (Lipinski definition) is 2. The number of amides is 1. The minimum Gasteiger partial charge on any atom is -0.399 e. The zero-order valence-electron chi connectivity index (χ0n) is 13.8. The molecule has 0 radical (unpaired) electrons. The Bertz CT molecular complexity index is 432. The highest BCUT2D eigenvalue weighted by Crippen LogP contribution is 2.23. The van der Waals surface area contributed by atoms with Crippen molar-refractivity contribution in [2.75, 3.05) is 11.1 Å². The number of aryl methyl sites for hydroxylation is 2. The highest BCUT2D eigenvalue weighted by Gasteiger charge is 2.08. The highest BCUT2D eigenvalue weighted by atomic mass is 16.1. The first-order valence-electron chi connectivity index (χ1n) is 8.21. The molecular formula is C18H30N2O. The maximum Gasteiger partial charge on any atom is 0.224 e. The lowest BCUT2D eigenvalue weighted by Crippen LogP contribution is -2.13. The van der Waals surface area contributed by atoms with Crippen molar-refractivity contribution in [3.05, 3.63) is 23.3 Å². The maximum atomic E-state index is 12.0. The largest absolute Gasteiger partial charge is 0.399 e. The number of carbonyl (C=O) groups is 1. The van der Waals surface area contributed by atoms with E-state index in [1.54, 1.807) is 0 Å². The highest BCUT2D eigenvalue weighted by molar-refractivity contribution is 5.92. The number of carbonyl (C=O) groups excluding carboxylic acids is 1. The van der Waals surface area contributed by atoms with Crippen LogP contribution in [0.15, 0.2) is 12.1 Å². The van der Waals surface area contributed by atoms with Gasteiger partial charge in [-0.25, -0.2) is 0 Å². The summed E-state index contributed by atoms with van der Waals surface area (Å²) >= 11 is 0. The lowest BCUT2D eigenvalue weighted by Gasteiger charge is -2.12. The van der Waals surface area contributed by atoms with E-state index in [0.717, 1.165) is 35.3 Å². The predicted octanol–water partition coefficient (Wildman–Crippen LogP) is 4.96. The number of unbranched alkanes of at least 4 members (excludes halogenated alkanes) is 6. The van der Waals surface area contributed by atoms with Gasteiger partial charge in [-0.3, -0.25) is 4.79 Å². The Hall–Kier alpha value is -1.51. The number of nitrogens with one attached hydrogen (secondary N) is 1. The zero-order valence-corrected chi connectivity index (χ0v) is 13.8. The van der Waals surface area contributed by atoms with Crippen LogP contribution in [0.5, 0.6) is 0 Å². The Morgan fingerprint density at radius 2 is 1.52 bits per heavy atom. The second kappa shape index (κ2) is 9.43. The Balaban J connectivity index is 2.28. The molecule has 1 aromatic carbocycles. The first-order chi connectivity index (χ1) is 10.0. The lowest BCUT2D eigenvalue weighted by atomic mass is 10.1. The van der Waals surface area contributed by atoms with Crippen molar-refractivity contribution in [2.45, 2.75) is 72.1 Å². The molecule has 21 heavy (non-hydrogen) atoms. The van der Waals surface area contributed by atoms with Crippen LogP contribution in [0.4, 0.5) is 11.4 Å². The van der Waals surface area contributed by atoms with Crippen LogP contribution in [0.3, 0.4) is 0 Å². The summed E-state index contributed by atoms with van der Waals surface area (Å²) in [5, 5.41) is 3.02. The Morgan fingerprint density at radius 3 is 2.10 bits per heavy atom. The summed E-state index contributed by atoms with van der Waals surface area (Å²) in [5.74, 6) is 0.111. The maximum absolute atomic E-state index is 12.0. The number of anilines is 2. The smallest absolute Gasteiger partial charge is 0.224 e. The molecule has 3 heteroatoms. The molecular weight excluding hydrogens is 260 g/mol. The van der Waals surface area contributed by atoms with Crippen LogP contribution in [-0.4, -0.2) is 5.91 Å². The van der Waals surface area contributed by atoms with Crippen molar-refractivity contribution in [3.8, 4) is 0 Å². The quantitative estimate of drug-likeness (QED) is 0.498. The van der Waals surface area contributed by atoms with Gasteiger partial charge in [0.1, 0.15) is 0 Å². The van der Waals surface area contributed by atoms with Crippen molar-refractivity contribution in [1.29, 1.82) is 0 Å². The Labute approximate surface area is 129 Å². The summed E-state index contributed by atoms with van der Waals surface area (Å²) in [6.07, 6.45) is 9.21. The second-order valence-electron chi connectivity index (χ2n) is 5.95. The number of benzene rings is 1. The standard InChI is InChI=1S/C18H30N2O/c1-4-5-6-7-8-9-10-11-17(21)20-18-14(2)12-16(19)13-15(18)3/h12-13H,4-11,19H2,1-3H3,(H,20,21). The monoisotopic (exact) mass is 290 g/mol. The van der Waals surface area contributed by atoms with Gasteiger partial charge in [-0.1, -0.05) is 45.4 Å². The molecule has 0 saturated carbocycles. The molecule has 0 heterocycles. The molecule has 0 aliphatic heterocycles. The van der Waals surface area contributed by atoms with Crippen molar-refractivity contribution in [1.82, 2.24) is 0 Å². The van der Waals surface area contributed by atoms with Crippen LogP contribution in [0.1, 0.15) is 69.4 Å². The molecule has 1 aromatic rings. The minimum absolute atomic E-state index is 0.111. The molecule has 0 bridgehead atoms. The van der Waals surface area contributed by atoms with Gasteiger partial charge in [0.25, 0.3) is 0 Å². The molecule has 3 N–H and O–H groups in total. The zero-order chi connectivity index (χ0) is 15.7. The van der Waals surface area contributed by atoms with E-state index in [-0.39, 0.29) is 5.91 Å². The molecule has 0 saturated heterocycles. The number of nitrogen functional groups attached to an aromatic ring is 1. The van der Waals surface area contributed by atoms with E-state index in [1.165, 1.54) is 32.1 Å². The summed E-state index contributed by atoms with van der Waals surface area (Å²) < 4.78 is 0. The molecule has 118 valence electrons. The van der Waals surface area contributed by atoms with Gasteiger partial charge in [0.15, 0.2) is 0 Å². The van der Waals surface area contributed by atoms with Crippen LogP contribution >= 0.6 is 0 Å². The van der Waals surface area contributed by atoms with Crippen molar-refractivity contribution < 1.29 is 4.79 Å². The third kappa shape index (κ3) is 6.65. The molecule has 0 atom stereocenters. The van der Waals surface area contributed by atoms with Gasteiger partial charge in [0.05, 0.1) is 0 Å². The minimum atomic E-state index is 0.111. The molecule has 0 aliphatic rings. The number of nitrogens with two attached hydrogens (primary N) is 1. The fourth-order valence-electron chi connectivity index (χ4n) is 2.64. The van der Waals surface area contributed by atoms with Gasteiger partial charge in [-0.05, 0) is 43.5 Å². The normalized spacial score (nSPS) is 10.6. The average Bonchev–Trinajstić information content (AvgIpc) is 2.42. The Morgan fingerprint density at radius 1 is 1.00 bits per heavy atom. The summed E-state index contributed by atoms with van der Waals surface area (Å²) in [4.78, 5) is 12.0. The van der Waals surface area contributed by atoms with Crippen molar-refractivity contribution in [3.63, 3.8) is 0 Å². The number of hydrogen-bond acceptors (Lipinski definition) is 2. The van der Waals surface area contributed by atoms with Gasteiger partial charge in [-0.2, -0.15) is 0 Å². The molecule has 0 unspecified atom stereocenters. The van der Waals surface area contributed by atoms with Crippen LogP contribution in [-0.2, 0) is 4.79 Å². The van der Waals surface area contributed by atoms with Gasteiger partial charge >= 0.3 is 0 Å². The van der Waals surface area contributed by atoms with E-state index in [2.05, 4.69) is 12.2 Å². The Kier molecular flexibility index (Phi) is 7.88. The summed E-state index contributed by atoms with van der Waals surface area (Å²) in [6, 6.07) is 3.80. The van der Waals surface area contributed by atoms with Crippen LogP contribution in [0, 0.1) is 13.8 Å². The van der Waals surface area contributed by atoms with Crippen LogP contribution in [0.25, 0.3) is 0 Å². The average molecular weight is 290 g/mol. The first-order valence-corrected chi connectivity index (χ1v) is 8.21. The van der Waals surface area contributed by atoms with E-state index >= 15 is 0 Å². The molecule has 0 spiro atoms. The molecule has 3 nitrogen and oxygen atoms in total. The van der Waals surface area contributed by atoms with Gasteiger partial charge in [-0.15, -0.1) is 0 Å². The van der Waals surface area contributed by atoms with E-state index in [9.17, 15) is 4.79 Å². The van der Waals surface area contributed by atoms with E-state index < -0.39 is 0 Å². The molecule has 1 amide bonds. The van der Waals surface area contributed by atoms with Gasteiger partial charge in [0.2, 0.25) is 5.91 Å². The molecule has 1 rings (SSSR count). The third-order valence-corrected chi connectivity index (χ3v) is 3.83. The summed E-state index contributed by atoms with van der Waals surface area (Å²) in [6.45, 7) is 6.19. The topological polar surface area (TPSA) is 55.1 Å². The molecule has 0 aromatic heterocycles. The first kappa shape index (κ1) is 17.5. The van der Waals surface area contributed by atoms with Crippen LogP contribution in [0.2, 0.25) is 0 Å². The number of rotatable bonds is 9. The molecule has 0 fully saturated rings. The summed E-state index contributed by atoms with van der Waals surface area (Å²) in [7, 11) is 0. The van der Waals surface area contributed by atoms with Gasteiger partial charge < -0.3 is 11.1 Å². The van der Waals surface area contributed by atoms with Crippen molar-refractivity contribution >= 4 is 17.3 Å². The summed E-state index contributed by atoms with van der Waals surface area (Å²) in [5.41, 5.74) is 9.51. The van der Waals surface area contributed by atoms with E-state index in [1.807, 2.05) is 26.0 Å². The van der Waals surface area contributed by atoms with Gasteiger partial charge in [0, 0.05) is 17.8 Å². The van der Waals surface area contributed by atoms with E-state index in [4.69, 9.17) is 5.73 Å². The van der Waals surface area contributed by atoms with Crippen molar-refractivity contribution in [2.24, 2.45) is 0 Å². The molecule has 0 aliphatic carbocycles.